The molecule has 1 aromatic heterocycles. The van der Waals surface area contributed by atoms with Crippen LogP contribution in [-0.2, 0) is 13.2 Å². The van der Waals surface area contributed by atoms with E-state index in [1.54, 1.807) is 0 Å². The van der Waals surface area contributed by atoms with Gasteiger partial charge in [-0.3, -0.25) is 4.90 Å². The first-order chi connectivity index (χ1) is 13.8. The van der Waals surface area contributed by atoms with Crippen molar-refractivity contribution < 1.29 is 9.26 Å². The van der Waals surface area contributed by atoms with Crippen molar-refractivity contribution >= 4 is 0 Å². The lowest BCUT2D eigenvalue weighted by Gasteiger charge is -2.33. The number of benzene rings is 2. The molecule has 0 atom stereocenters. The number of nitrogens with zero attached hydrogens (tertiary/aromatic N) is 4. The third-order valence-electron chi connectivity index (χ3n) is 5.10. The molecule has 0 unspecified atom stereocenters. The largest absolute Gasteiger partial charge is 0.489 e. The van der Waals surface area contributed by atoms with E-state index in [1.807, 2.05) is 42.5 Å². The van der Waals surface area contributed by atoms with Gasteiger partial charge >= 0.3 is 0 Å². The van der Waals surface area contributed by atoms with Gasteiger partial charge in [-0.05, 0) is 36.4 Å². The third kappa shape index (κ3) is 4.77. The molecule has 0 spiro atoms. The summed E-state index contributed by atoms with van der Waals surface area (Å²) in [5.41, 5.74) is 2.08. The molecule has 0 bridgehead atoms. The van der Waals surface area contributed by atoms with E-state index in [2.05, 4.69) is 39.0 Å². The molecule has 0 N–H and O–H groups in total. The number of ether oxygens (including phenoxy) is 1. The number of hydrogen-bond acceptors (Lipinski definition) is 6. The van der Waals surface area contributed by atoms with Crippen molar-refractivity contribution in [2.45, 2.75) is 20.1 Å². The maximum absolute atomic E-state index is 5.83. The highest BCUT2D eigenvalue weighted by atomic mass is 16.5. The second-order valence-corrected chi connectivity index (χ2v) is 7.02. The fraction of sp³-hybridized carbons (Fsp3) is 0.364. The number of piperazine rings is 1. The van der Waals surface area contributed by atoms with E-state index in [0.29, 0.717) is 24.9 Å². The number of hydrogen-bond donors (Lipinski definition) is 0. The van der Waals surface area contributed by atoms with Gasteiger partial charge in [0.2, 0.25) is 11.7 Å². The summed E-state index contributed by atoms with van der Waals surface area (Å²) in [5, 5.41) is 4.14. The third-order valence-corrected chi connectivity index (χ3v) is 5.10. The van der Waals surface area contributed by atoms with Crippen molar-refractivity contribution in [3.63, 3.8) is 0 Å². The summed E-state index contributed by atoms with van der Waals surface area (Å²) < 4.78 is 11.3. The molecule has 0 radical (unpaired) electrons. The SMILES string of the molecule is CCN1CCN(Cc2nc(-c3ccc(OCc4ccccc4)cc3)no2)CC1. The van der Waals surface area contributed by atoms with Crippen LogP contribution < -0.4 is 4.74 Å². The molecule has 2 aromatic carbocycles. The van der Waals surface area contributed by atoms with Crippen LogP contribution >= 0.6 is 0 Å². The highest BCUT2D eigenvalue weighted by Gasteiger charge is 2.18. The van der Waals surface area contributed by atoms with Gasteiger partial charge in [-0.1, -0.05) is 42.4 Å². The molecule has 1 aliphatic heterocycles. The molecule has 2 heterocycles. The van der Waals surface area contributed by atoms with Crippen molar-refractivity contribution in [3.8, 4) is 17.1 Å². The minimum atomic E-state index is 0.553. The lowest BCUT2D eigenvalue weighted by Crippen LogP contribution is -2.45. The Labute approximate surface area is 165 Å². The molecule has 0 aliphatic carbocycles. The molecule has 6 heteroatoms. The molecule has 1 saturated heterocycles. The molecule has 0 amide bonds. The molecule has 28 heavy (non-hydrogen) atoms. The molecular weight excluding hydrogens is 352 g/mol. The van der Waals surface area contributed by atoms with Gasteiger partial charge in [0, 0.05) is 31.7 Å². The van der Waals surface area contributed by atoms with Crippen molar-refractivity contribution in [2.75, 3.05) is 32.7 Å². The van der Waals surface area contributed by atoms with E-state index in [-0.39, 0.29) is 0 Å². The molecule has 4 rings (SSSR count). The van der Waals surface area contributed by atoms with Gasteiger partial charge in [-0.2, -0.15) is 4.98 Å². The van der Waals surface area contributed by atoms with Crippen molar-refractivity contribution in [3.05, 3.63) is 66.1 Å². The van der Waals surface area contributed by atoms with Gasteiger partial charge in [0.05, 0.1) is 6.54 Å². The standard InChI is InChI=1S/C22H26N4O2/c1-2-25-12-14-26(15-13-25)16-21-23-22(24-28-21)19-8-10-20(11-9-19)27-17-18-6-4-3-5-7-18/h3-11H,2,12-17H2,1H3. The summed E-state index contributed by atoms with van der Waals surface area (Å²) in [6, 6.07) is 18.0. The Hall–Kier alpha value is -2.70. The summed E-state index contributed by atoms with van der Waals surface area (Å²) in [5.74, 6) is 2.12. The minimum absolute atomic E-state index is 0.553. The monoisotopic (exact) mass is 378 g/mol. The first-order valence-corrected chi connectivity index (χ1v) is 9.84. The topological polar surface area (TPSA) is 54.6 Å². The smallest absolute Gasteiger partial charge is 0.241 e. The molecular formula is C22H26N4O2. The second-order valence-electron chi connectivity index (χ2n) is 7.02. The fourth-order valence-electron chi connectivity index (χ4n) is 3.33. The quantitative estimate of drug-likeness (QED) is 0.628. The Morgan fingerprint density at radius 2 is 1.64 bits per heavy atom. The number of rotatable bonds is 7. The van der Waals surface area contributed by atoms with Crippen LogP contribution in [0.5, 0.6) is 5.75 Å². The van der Waals surface area contributed by atoms with E-state index in [1.165, 1.54) is 0 Å². The minimum Gasteiger partial charge on any atom is -0.489 e. The van der Waals surface area contributed by atoms with Gasteiger partial charge in [0.25, 0.3) is 0 Å². The Balaban J connectivity index is 1.32. The van der Waals surface area contributed by atoms with Gasteiger partial charge in [-0.25, -0.2) is 0 Å². The molecule has 1 fully saturated rings. The molecule has 3 aromatic rings. The number of likely N-dealkylation sites (N-methyl/N-ethyl adjacent to an activating group) is 1. The Kier molecular flexibility index (Phi) is 5.99. The lowest BCUT2D eigenvalue weighted by molar-refractivity contribution is 0.121. The molecule has 146 valence electrons. The van der Waals surface area contributed by atoms with Crippen LogP contribution in [0.4, 0.5) is 0 Å². The van der Waals surface area contributed by atoms with Crippen molar-refractivity contribution in [1.82, 2.24) is 19.9 Å². The Morgan fingerprint density at radius 3 is 2.36 bits per heavy atom. The van der Waals surface area contributed by atoms with Crippen LogP contribution in [-0.4, -0.2) is 52.7 Å². The normalized spacial score (nSPS) is 15.6. The average molecular weight is 378 g/mol. The summed E-state index contributed by atoms with van der Waals surface area (Å²) >= 11 is 0. The van der Waals surface area contributed by atoms with Crippen molar-refractivity contribution in [2.24, 2.45) is 0 Å². The Bertz CT molecular complexity index is 856. The summed E-state index contributed by atoms with van der Waals surface area (Å²) in [6.45, 7) is 8.87. The average Bonchev–Trinajstić information content (AvgIpc) is 3.22. The van der Waals surface area contributed by atoms with E-state index < -0.39 is 0 Å². The first kappa shape index (κ1) is 18.7. The van der Waals surface area contributed by atoms with Crippen LogP contribution in [0.25, 0.3) is 11.4 Å². The van der Waals surface area contributed by atoms with E-state index in [4.69, 9.17) is 9.26 Å². The van der Waals surface area contributed by atoms with E-state index in [0.717, 1.165) is 49.6 Å². The van der Waals surface area contributed by atoms with Gasteiger partial charge in [0.1, 0.15) is 12.4 Å². The summed E-state index contributed by atoms with van der Waals surface area (Å²) in [6.07, 6.45) is 0. The zero-order chi connectivity index (χ0) is 19.2. The van der Waals surface area contributed by atoms with Gasteiger partial charge in [-0.15, -0.1) is 0 Å². The van der Waals surface area contributed by atoms with E-state index >= 15 is 0 Å². The zero-order valence-electron chi connectivity index (χ0n) is 16.3. The number of aromatic nitrogens is 2. The zero-order valence-corrected chi connectivity index (χ0v) is 16.3. The highest BCUT2D eigenvalue weighted by Crippen LogP contribution is 2.21. The fourth-order valence-corrected chi connectivity index (χ4v) is 3.33. The maximum Gasteiger partial charge on any atom is 0.241 e. The highest BCUT2D eigenvalue weighted by molar-refractivity contribution is 5.55. The Morgan fingerprint density at radius 1 is 0.929 bits per heavy atom. The molecule has 6 nitrogen and oxygen atoms in total. The van der Waals surface area contributed by atoms with E-state index in [9.17, 15) is 0 Å². The van der Waals surface area contributed by atoms with Crippen molar-refractivity contribution in [1.29, 1.82) is 0 Å². The second kappa shape index (κ2) is 8.99. The maximum atomic E-state index is 5.83. The summed E-state index contributed by atoms with van der Waals surface area (Å²) in [4.78, 5) is 9.38. The summed E-state index contributed by atoms with van der Waals surface area (Å²) in [7, 11) is 0. The lowest BCUT2D eigenvalue weighted by atomic mass is 10.2. The molecule has 0 saturated carbocycles. The van der Waals surface area contributed by atoms with Gasteiger partial charge in [0.15, 0.2) is 0 Å². The first-order valence-electron chi connectivity index (χ1n) is 9.84. The predicted molar refractivity (Wildman–Crippen MR) is 108 cm³/mol. The van der Waals surface area contributed by atoms with Crippen LogP contribution in [0.15, 0.2) is 59.1 Å². The van der Waals surface area contributed by atoms with Crippen LogP contribution in [0.1, 0.15) is 18.4 Å². The van der Waals surface area contributed by atoms with Crippen LogP contribution in [0.3, 0.4) is 0 Å². The predicted octanol–water partition coefficient (Wildman–Crippen LogP) is 3.45. The van der Waals surface area contributed by atoms with Crippen LogP contribution in [0, 0.1) is 0 Å². The van der Waals surface area contributed by atoms with Crippen LogP contribution in [0.2, 0.25) is 0 Å². The van der Waals surface area contributed by atoms with Gasteiger partial charge < -0.3 is 14.2 Å². The molecule has 1 aliphatic rings.